The van der Waals surface area contributed by atoms with E-state index in [9.17, 15) is 5.11 Å². The lowest BCUT2D eigenvalue weighted by molar-refractivity contribution is 0.411. The third kappa shape index (κ3) is 6.12. The van der Waals surface area contributed by atoms with Gasteiger partial charge in [0.1, 0.15) is 17.0 Å². The molecule has 0 aliphatic carbocycles. The number of hydrogen-bond acceptors (Lipinski definition) is 6. The number of phenols is 1. The molecule has 0 saturated carbocycles. The zero-order valence-electron chi connectivity index (χ0n) is 39.0. The number of hydrogen-bond donors (Lipinski definition) is 1. The molecule has 0 saturated heterocycles. The number of aryl methyl sites for hydroxylation is 1. The summed E-state index contributed by atoms with van der Waals surface area (Å²) in [6.07, 6.45) is 1.91. The Morgan fingerprint density at radius 2 is 1.34 bits per heavy atom. The van der Waals surface area contributed by atoms with Gasteiger partial charge in [-0.05, 0) is 109 Å². The van der Waals surface area contributed by atoms with E-state index >= 15 is 0 Å². The van der Waals surface area contributed by atoms with E-state index in [-0.39, 0.29) is 33.6 Å². The van der Waals surface area contributed by atoms with Crippen molar-refractivity contribution in [1.29, 1.82) is 0 Å². The van der Waals surface area contributed by atoms with Crippen LogP contribution in [0.1, 0.15) is 83.2 Å². The summed E-state index contributed by atoms with van der Waals surface area (Å²) in [6, 6.07) is 36.5. The number of pyridine rings is 2. The standard InChI is InChI=1S/C54H50N4O3/c1-30-24-25-36-44-48-43(35-18-11-12-23-41(35)60-48)45(47(59)49(44)61-51(36)56-30)50-57-46-34(19-14-22-40(46)58(50)54(8,9)10)31-16-13-17-32(28-31)39-29-33(26-27-55-39)42-37(52(2,3)4)20-15-21-38(42)53(5,6)7/h11-29,59H,1-10H3/i1D3. The molecule has 1 N–H and O–H groups in total. The number of nitrogens with zero attached hydrogens (tertiary/aromatic N) is 4. The van der Waals surface area contributed by atoms with Gasteiger partial charge in [0.15, 0.2) is 11.3 Å². The fraction of sp³-hybridized carbons (Fsp3) is 0.241. The summed E-state index contributed by atoms with van der Waals surface area (Å²) in [5.74, 6) is 0.389. The van der Waals surface area contributed by atoms with E-state index in [1.54, 1.807) is 6.07 Å². The first-order valence-corrected chi connectivity index (χ1v) is 20.8. The molecule has 5 aromatic carbocycles. The van der Waals surface area contributed by atoms with Crippen LogP contribution in [-0.2, 0) is 16.4 Å². The SMILES string of the molecule is [2H]C([2H])([2H])c1ccc2c(n1)oc1c(O)c(-c3nc4c(-c5cccc(-c6cc(-c7c(C(C)(C)C)cccc7C(C)(C)C)ccn6)c5)cccc4n3C(C)(C)C)c3c4ccccc4oc3c12. The smallest absolute Gasteiger partial charge is 0.227 e. The molecule has 0 aliphatic heterocycles. The lowest BCUT2D eigenvalue weighted by atomic mass is 9.74. The van der Waals surface area contributed by atoms with E-state index in [0.717, 1.165) is 44.4 Å². The maximum absolute atomic E-state index is 12.6. The van der Waals surface area contributed by atoms with Crippen molar-refractivity contribution in [2.75, 3.05) is 0 Å². The molecule has 0 atom stereocenters. The highest BCUT2D eigenvalue weighted by Gasteiger charge is 2.32. The highest BCUT2D eigenvalue weighted by atomic mass is 16.4. The molecule has 0 fully saturated rings. The summed E-state index contributed by atoms with van der Waals surface area (Å²) in [5, 5.41) is 15.1. The van der Waals surface area contributed by atoms with E-state index in [2.05, 4.69) is 139 Å². The highest BCUT2D eigenvalue weighted by molar-refractivity contribution is 6.28. The van der Waals surface area contributed by atoms with Crippen LogP contribution >= 0.6 is 0 Å². The monoisotopic (exact) mass is 805 g/mol. The van der Waals surface area contributed by atoms with Crippen LogP contribution < -0.4 is 0 Å². The third-order valence-electron chi connectivity index (χ3n) is 11.9. The van der Waals surface area contributed by atoms with E-state index < -0.39 is 12.4 Å². The van der Waals surface area contributed by atoms with E-state index in [1.165, 1.54) is 22.8 Å². The molecule has 7 heteroatoms. The van der Waals surface area contributed by atoms with Crippen LogP contribution in [0.2, 0.25) is 0 Å². The van der Waals surface area contributed by atoms with Crippen molar-refractivity contribution < 1.29 is 18.1 Å². The minimum atomic E-state index is -2.45. The maximum Gasteiger partial charge on any atom is 0.227 e. The molecule has 5 aromatic heterocycles. The first-order chi connectivity index (χ1) is 30.2. The molecule has 10 rings (SSSR count). The Morgan fingerprint density at radius 1 is 0.623 bits per heavy atom. The third-order valence-corrected chi connectivity index (χ3v) is 11.9. The zero-order valence-corrected chi connectivity index (χ0v) is 36.0. The summed E-state index contributed by atoms with van der Waals surface area (Å²) in [5.41, 5.74) is 11.4. The summed E-state index contributed by atoms with van der Waals surface area (Å²) in [6.45, 7) is 17.5. The minimum absolute atomic E-state index is 0.0678. The van der Waals surface area contributed by atoms with Crippen molar-refractivity contribution in [1.82, 2.24) is 19.5 Å². The predicted molar refractivity (Wildman–Crippen MR) is 250 cm³/mol. The van der Waals surface area contributed by atoms with Crippen LogP contribution in [0.3, 0.4) is 0 Å². The van der Waals surface area contributed by atoms with Crippen molar-refractivity contribution in [2.45, 2.75) is 85.5 Å². The van der Waals surface area contributed by atoms with Gasteiger partial charge in [0, 0.05) is 43.4 Å². The van der Waals surface area contributed by atoms with Gasteiger partial charge in [-0.25, -0.2) is 9.97 Å². The Labute approximate surface area is 359 Å². The number of furan rings is 2. The Balaban J connectivity index is 1.19. The van der Waals surface area contributed by atoms with Crippen LogP contribution in [0, 0.1) is 6.85 Å². The van der Waals surface area contributed by atoms with Gasteiger partial charge in [-0.1, -0.05) is 108 Å². The molecule has 10 aromatic rings. The van der Waals surface area contributed by atoms with Gasteiger partial charge in [-0.3, -0.25) is 4.98 Å². The number of imidazole rings is 1. The second kappa shape index (κ2) is 13.4. The number of aromatic nitrogens is 4. The van der Waals surface area contributed by atoms with Crippen molar-refractivity contribution >= 4 is 55.0 Å². The molecular weight excluding hydrogens is 753 g/mol. The Bertz CT molecular complexity index is 3480. The predicted octanol–water partition coefficient (Wildman–Crippen LogP) is 14.7. The zero-order chi connectivity index (χ0) is 45.2. The van der Waals surface area contributed by atoms with Gasteiger partial charge in [-0.2, -0.15) is 0 Å². The molecule has 7 nitrogen and oxygen atoms in total. The van der Waals surface area contributed by atoms with E-state index in [0.29, 0.717) is 38.7 Å². The highest BCUT2D eigenvalue weighted by Crippen LogP contribution is 2.51. The first-order valence-electron chi connectivity index (χ1n) is 22.3. The summed E-state index contributed by atoms with van der Waals surface area (Å²) < 4.78 is 39.0. The molecule has 5 heterocycles. The van der Waals surface area contributed by atoms with Gasteiger partial charge in [-0.15, -0.1) is 0 Å². The van der Waals surface area contributed by atoms with Gasteiger partial charge in [0.05, 0.1) is 33.1 Å². The molecule has 0 spiro atoms. The second-order valence-corrected chi connectivity index (χ2v) is 19.2. The molecule has 0 radical (unpaired) electrons. The van der Waals surface area contributed by atoms with Crippen LogP contribution in [0.15, 0.2) is 124 Å². The lowest BCUT2D eigenvalue weighted by Crippen LogP contribution is -2.22. The van der Waals surface area contributed by atoms with Crippen LogP contribution in [0.25, 0.3) is 99.9 Å². The van der Waals surface area contributed by atoms with Crippen molar-refractivity contribution in [2.24, 2.45) is 0 Å². The Hall–Kier alpha value is -6.73. The van der Waals surface area contributed by atoms with Gasteiger partial charge >= 0.3 is 0 Å². The van der Waals surface area contributed by atoms with Gasteiger partial charge < -0.3 is 18.5 Å². The fourth-order valence-corrected chi connectivity index (χ4v) is 9.17. The van der Waals surface area contributed by atoms with Crippen LogP contribution in [0.4, 0.5) is 0 Å². The molecule has 61 heavy (non-hydrogen) atoms. The summed E-state index contributed by atoms with van der Waals surface area (Å²) in [4.78, 5) is 14.8. The quantitative estimate of drug-likeness (QED) is 0.190. The Morgan fingerprint density at radius 3 is 2.08 bits per heavy atom. The fourth-order valence-electron chi connectivity index (χ4n) is 9.17. The van der Waals surface area contributed by atoms with Gasteiger partial charge in [0.25, 0.3) is 0 Å². The average Bonchev–Trinajstić information content (AvgIpc) is 3.94. The number of rotatable bonds is 4. The average molecular weight is 806 g/mol. The maximum atomic E-state index is 12.6. The number of aromatic hydroxyl groups is 1. The lowest BCUT2D eigenvalue weighted by Gasteiger charge is -2.30. The second-order valence-electron chi connectivity index (χ2n) is 19.2. The number of para-hydroxylation sites is 2. The number of fused-ring (bicyclic) bond motifs is 8. The van der Waals surface area contributed by atoms with Gasteiger partial charge in [0.2, 0.25) is 5.71 Å². The first kappa shape index (κ1) is 35.1. The summed E-state index contributed by atoms with van der Waals surface area (Å²) >= 11 is 0. The molecule has 0 bridgehead atoms. The Kier molecular flexibility index (Phi) is 7.70. The molecule has 304 valence electrons. The largest absolute Gasteiger partial charge is 0.504 e. The van der Waals surface area contributed by atoms with Crippen LogP contribution in [-0.4, -0.2) is 24.6 Å². The van der Waals surface area contributed by atoms with Crippen molar-refractivity contribution in [3.8, 4) is 50.6 Å². The number of phenolic OH excluding ortho intramolecular Hbond substituents is 1. The van der Waals surface area contributed by atoms with Crippen LogP contribution in [0.5, 0.6) is 5.75 Å². The molecule has 0 amide bonds. The normalized spacial score (nSPS) is 13.8. The van der Waals surface area contributed by atoms with E-state index in [1.807, 2.05) is 36.5 Å². The van der Waals surface area contributed by atoms with Crippen molar-refractivity contribution in [3.05, 3.63) is 132 Å². The minimum Gasteiger partial charge on any atom is -0.504 e. The number of benzene rings is 5. The molecule has 0 aliphatic rings. The molecule has 0 unspecified atom stereocenters. The summed E-state index contributed by atoms with van der Waals surface area (Å²) in [7, 11) is 0. The van der Waals surface area contributed by atoms with E-state index in [4.69, 9.17) is 22.9 Å². The topological polar surface area (TPSA) is 90.1 Å². The molecular formula is C54H50N4O3. The van der Waals surface area contributed by atoms with Crippen molar-refractivity contribution in [3.63, 3.8) is 0 Å².